The number of hydrogen-bond donors (Lipinski definition) is 2. The highest BCUT2D eigenvalue weighted by molar-refractivity contribution is 5.89. The highest BCUT2D eigenvalue weighted by Gasteiger charge is 2.22. The molecule has 1 heterocycles. The maximum atomic E-state index is 9.55. The van der Waals surface area contributed by atoms with Gasteiger partial charge in [-0.1, -0.05) is 42.5 Å². The zero-order valence-corrected chi connectivity index (χ0v) is 16.0. The van der Waals surface area contributed by atoms with E-state index in [1.165, 1.54) is 16.7 Å². The lowest BCUT2D eigenvalue weighted by Gasteiger charge is -2.21. The Bertz CT molecular complexity index is 828. The fourth-order valence-electron chi connectivity index (χ4n) is 2.93. The molecule has 0 saturated heterocycles. The van der Waals surface area contributed by atoms with Crippen LogP contribution in [0.2, 0.25) is 0 Å². The van der Waals surface area contributed by atoms with Crippen molar-refractivity contribution in [3.05, 3.63) is 77.4 Å². The Morgan fingerprint density at radius 2 is 1.57 bits per heavy atom. The van der Waals surface area contributed by atoms with Crippen LogP contribution in [0.4, 0.5) is 0 Å². The summed E-state index contributed by atoms with van der Waals surface area (Å²) in [6.07, 6.45) is 3.24. The Balaban J connectivity index is 0.000000300. The van der Waals surface area contributed by atoms with Crippen LogP contribution in [0, 0.1) is 0 Å². The van der Waals surface area contributed by atoms with E-state index in [4.69, 9.17) is 14.9 Å². The zero-order chi connectivity index (χ0) is 20.5. The summed E-state index contributed by atoms with van der Waals surface area (Å²) in [4.78, 5) is 21.3. The fourth-order valence-corrected chi connectivity index (χ4v) is 2.93. The normalized spacial score (nSPS) is 14.9. The van der Waals surface area contributed by atoms with Gasteiger partial charge in [0.05, 0.1) is 0 Å². The van der Waals surface area contributed by atoms with Gasteiger partial charge >= 0.3 is 11.9 Å². The third-order valence-corrected chi connectivity index (χ3v) is 4.23. The monoisotopic (exact) mass is 383 g/mol. The van der Waals surface area contributed by atoms with Crippen molar-refractivity contribution >= 4 is 11.9 Å². The van der Waals surface area contributed by atoms with E-state index in [1.807, 2.05) is 0 Å². The number of para-hydroxylation sites is 1. The first-order valence-corrected chi connectivity index (χ1v) is 8.98. The summed E-state index contributed by atoms with van der Waals surface area (Å²) in [5, 5.41) is 15.6. The molecule has 0 bridgehead atoms. The minimum Gasteiger partial charge on any atom is -0.485 e. The number of ether oxygens (including phenoxy) is 1. The molecule has 0 aromatic heterocycles. The lowest BCUT2D eigenvalue weighted by molar-refractivity contribution is -0.134. The third kappa shape index (κ3) is 6.55. The van der Waals surface area contributed by atoms with Crippen LogP contribution in [-0.4, -0.2) is 47.7 Å². The quantitative estimate of drug-likeness (QED) is 0.770. The number of fused-ring (bicyclic) bond motifs is 2. The van der Waals surface area contributed by atoms with Crippen molar-refractivity contribution in [2.45, 2.75) is 18.9 Å². The number of benzene rings is 2. The first-order chi connectivity index (χ1) is 13.4. The molecule has 0 aliphatic carbocycles. The van der Waals surface area contributed by atoms with Gasteiger partial charge in [0.15, 0.2) is 0 Å². The van der Waals surface area contributed by atoms with Gasteiger partial charge in [-0.2, -0.15) is 0 Å². The van der Waals surface area contributed by atoms with Gasteiger partial charge in [-0.05, 0) is 36.9 Å². The number of hydrogen-bond acceptors (Lipinski definition) is 4. The summed E-state index contributed by atoms with van der Waals surface area (Å²) in [6, 6.07) is 17.1. The molecule has 0 fully saturated rings. The fraction of sp³-hybridized carbons (Fsp3) is 0.273. The van der Waals surface area contributed by atoms with Crippen molar-refractivity contribution in [2.75, 3.05) is 20.6 Å². The number of carbonyl (C=O) groups is 2. The van der Waals surface area contributed by atoms with Crippen LogP contribution in [0.25, 0.3) is 0 Å². The molecule has 0 spiro atoms. The Labute approximate surface area is 164 Å². The van der Waals surface area contributed by atoms with Crippen LogP contribution in [0.3, 0.4) is 0 Å². The molecule has 1 aliphatic rings. The summed E-state index contributed by atoms with van der Waals surface area (Å²) < 4.78 is 6.31. The van der Waals surface area contributed by atoms with Gasteiger partial charge in [-0.15, -0.1) is 0 Å². The van der Waals surface area contributed by atoms with Crippen LogP contribution < -0.4 is 4.74 Å². The van der Waals surface area contributed by atoms with Crippen LogP contribution in [0.5, 0.6) is 5.75 Å². The van der Waals surface area contributed by atoms with E-state index < -0.39 is 11.9 Å². The predicted octanol–water partition coefficient (Wildman–Crippen LogP) is 3.37. The van der Waals surface area contributed by atoms with Gasteiger partial charge in [-0.25, -0.2) is 9.59 Å². The molecule has 0 amide bonds. The first kappa shape index (κ1) is 21.2. The average Bonchev–Trinajstić information content (AvgIpc) is 2.81. The van der Waals surface area contributed by atoms with Crippen molar-refractivity contribution in [3.63, 3.8) is 0 Å². The largest absolute Gasteiger partial charge is 0.485 e. The Morgan fingerprint density at radius 3 is 2.18 bits per heavy atom. The van der Waals surface area contributed by atoms with E-state index in [0.717, 1.165) is 25.1 Å². The maximum absolute atomic E-state index is 9.55. The van der Waals surface area contributed by atoms with Gasteiger partial charge in [0.2, 0.25) is 0 Å². The summed E-state index contributed by atoms with van der Waals surface area (Å²) in [5.74, 6) is -1.48. The zero-order valence-electron chi connectivity index (χ0n) is 16.0. The number of rotatable bonds is 5. The Morgan fingerprint density at radius 1 is 1.00 bits per heavy atom. The highest BCUT2D eigenvalue weighted by atomic mass is 16.5. The molecule has 2 aromatic carbocycles. The minimum atomic E-state index is -1.26. The van der Waals surface area contributed by atoms with Crippen LogP contribution in [0.15, 0.2) is 60.7 Å². The van der Waals surface area contributed by atoms with Gasteiger partial charge in [0, 0.05) is 31.5 Å². The topological polar surface area (TPSA) is 87.1 Å². The summed E-state index contributed by atoms with van der Waals surface area (Å²) >= 11 is 0. The molecule has 3 rings (SSSR count). The van der Waals surface area contributed by atoms with Gasteiger partial charge in [0.25, 0.3) is 0 Å². The van der Waals surface area contributed by atoms with E-state index in [9.17, 15) is 9.59 Å². The molecule has 148 valence electrons. The SMILES string of the molecule is CN(C)CCC1Oc2ccccc2Cc2ccccc21.O=C(O)/C=C/C(=O)O. The first-order valence-electron chi connectivity index (χ1n) is 8.98. The molecule has 0 saturated carbocycles. The Hall–Kier alpha value is -3.12. The number of carboxylic acids is 2. The van der Waals surface area contributed by atoms with Crippen molar-refractivity contribution in [2.24, 2.45) is 0 Å². The molecule has 1 unspecified atom stereocenters. The minimum absolute atomic E-state index is 0.150. The molecular formula is C22H25NO5. The van der Waals surface area contributed by atoms with Gasteiger partial charge in [0.1, 0.15) is 11.9 Å². The lowest BCUT2D eigenvalue weighted by atomic mass is 9.96. The van der Waals surface area contributed by atoms with Crippen LogP contribution in [0.1, 0.15) is 29.2 Å². The van der Waals surface area contributed by atoms with Crippen molar-refractivity contribution in [1.29, 1.82) is 0 Å². The van der Waals surface area contributed by atoms with Gasteiger partial charge in [-0.3, -0.25) is 0 Å². The maximum Gasteiger partial charge on any atom is 0.328 e. The second kappa shape index (κ2) is 10.3. The molecule has 1 atom stereocenters. The molecule has 2 N–H and O–H groups in total. The van der Waals surface area contributed by atoms with Crippen LogP contribution in [-0.2, 0) is 16.0 Å². The van der Waals surface area contributed by atoms with Crippen LogP contribution >= 0.6 is 0 Å². The smallest absolute Gasteiger partial charge is 0.328 e. The number of nitrogens with zero attached hydrogens (tertiary/aromatic N) is 1. The average molecular weight is 383 g/mol. The molecule has 6 heteroatoms. The standard InChI is InChI=1S/C18H21NO.C4H4O4/c1-19(2)12-11-18-16-9-5-3-7-14(16)13-15-8-4-6-10-17(15)20-18;5-3(6)1-2-4(7)8/h3-10,18H,11-13H2,1-2H3;1-2H,(H,5,6)(H,7,8)/b;2-1+. The summed E-state index contributed by atoms with van der Waals surface area (Å²) in [7, 11) is 4.22. The van der Waals surface area contributed by atoms with Crippen molar-refractivity contribution in [3.8, 4) is 5.75 Å². The van der Waals surface area contributed by atoms with E-state index >= 15 is 0 Å². The van der Waals surface area contributed by atoms with E-state index in [2.05, 4.69) is 67.5 Å². The molecule has 1 aliphatic heterocycles. The summed E-state index contributed by atoms with van der Waals surface area (Å²) in [6.45, 7) is 1.03. The lowest BCUT2D eigenvalue weighted by Crippen LogP contribution is -2.18. The third-order valence-electron chi connectivity index (χ3n) is 4.23. The molecule has 2 aromatic rings. The highest BCUT2D eigenvalue weighted by Crippen LogP contribution is 2.35. The summed E-state index contributed by atoms with van der Waals surface area (Å²) in [5.41, 5.74) is 4.01. The molecular weight excluding hydrogens is 358 g/mol. The van der Waals surface area contributed by atoms with Crippen molar-refractivity contribution < 1.29 is 24.5 Å². The van der Waals surface area contributed by atoms with E-state index in [-0.39, 0.29) is 6.10 Å². The molecule has 6 nitrogen and oxygen atoms in total. The second-order valence-corrected chi connectivity index (χ2v) is 6.69. The van der Waals surface area contributed by atoms with E-state index in [1.54, 1.807) is 0 Å². The molecule has 0 radical (unpaired) electrons. The second-order valence-electron chi connectivity index (χ2n) is 6.69. The van der Waals surface area contributed by atoms with Gasteiger partial charge < -0.3 is 19.8 Å². The number of carboxylic acid groups (broad SMARTS) is 2. The molecule has 28 heavy (non-hydrogen) atoms. The van der Waals surface area contributed by atoms with Crippen molar-refractivity contribution in [1.82, 2.24) is 4.90 Å². The predicted molar refractivity (Wildman–Crippen MR) is 107 cm³/mol. The Kier molecular flexibility index (Phi) is 7.77. The number of aliphatic carboxylic acids is 2. The van der Waals surface area contributed by atoms with E-state index in [0.29, 0.717) is 12.2 Å².